The van der Waals surface area contributed by atoms with Crippen molar-refractivity contribution < 1.29 is 10.2 Å². The van der Waals surface area contributed by atoms with E-state index in [0.717, 1.165) is 0 Å². The quantitative estimate of drug-likeness (QED) is 0.474. The summed E-state index contributed by atoms with van der Waals surface area (Å²) in [5, 5.41) is 17.6. The summed E-state index contributed by atoms with van der Waals surface area (Å²) in [6.07, 6.45) is 0. The highest BCUT2D eigenvalue weighted by Gasteiger charge is 2.33. The number of hydrogen-bond donors (Lipinski definition) is 2. The first-order valence-electron chi connectivity index (χ1n) is 3.77. The Labute approximate surface area is 69.6 Å². The lowest BCUT2D eigenvalue weighted by molar-refractivity contribution is 0.192. The van der Waals surface area contributed by atoms with Gasteiger partial charge in [-0.15, -0.1) is 0 Å². The van der Waals surface area contributed by atoms with Gasteiger partial charge in [0.1, 0.15) is 0 Å². The van der Waals surface area contributed by atoms with Crippen LogP contribution in [0.3, 0.4) is 0 Å². The Bertz CT molecular complexity index is 161. The van der Waals surface area contributed by atoms with Crippen molar-refractivity contribution in [3.8, 4) is 0 Å². The molecule has 0 rings (SSSR count). The second-order valence-electron chi connectivity index (χ2n) is 4.47. The van der Waals surface area contributed by atoms with E-state index in [2.05, 4.69) is 33.9 Å². The Hall–Kier alpha value is -0.443. The van der Waals surface area contributed by atoms with E-state index < -0.39 is 14.0 Å². The molecule has 0 aromatic carbocycles. The van der Waals surface area contributed by atoms with E-state index in [1.807, 2.05) is 0 Å². The zero-order valence-corrected chi connectivity index (χ0v) is 8.97. The maximum atomic E-state index is 8.70. The summed E-state index contributed by atoms with van der Waals surface area (Å²) in [5.74, 6) is -0.531. The molecule has 2 nitrogen and oxygen atoms in total. The van der Waals surface area contributed by atoms with Gasteiger partial charge in [-0.05, 0) is 10.7 Å². The van der Waals surface area contributed by atoms with Crippen LogP contribution in [-0.2, 0) is 0 Å². The van der Waals surface area contributed by atoms with Gasteiger partial charge in [-0.3, -0.25) is 0 Å². The third-order valence-corrected chi connectivity index (χ3v) is 7.27. The van der Waals surface area contributed by atoms with Crippen molar-refractivity contribution in [2.45, 2.75) is 38.9 Å². The molecule has 0 saturated carbocycles. The average molecular weight is 174 g/mol. The summed E-state index contributed by atoms with van der Waals surface area (Å²) in [5.41, 5.74) is 1.60. The summed E-state index contributed by atoms with van der Waals surface area (Å²) in [7, 11) is -1.63. The highest BCUT2D eigenvalue weighted by atomic mass is 28.3. The van der Waals surface area contributed by atoms with Crippen LogP contribution in [0.2, 0.25) is 18.1 Å². The van der Waals surface area contributed by atoms with Crippen molar-refractivity contribution in [3.63, 3.8) is 0 Å². The van der Waals surface area contributed by atoms with Gasteiger partial charge in [0, 0.05) is 0 Å². The molecule has 0 amide bonds. The first-order valence-corrected chi connectivity index (χ1v) is 6.85. The molecule has 0 bridgehead atoms. The molecule has 0 aliphatic heterocycles. The van der Waals surface area contributed by atoms with E-state index in [9.17, 15) is 0 Å². The van der Waals surface area contributed by atoms with Crippen LogP contribution in [-0.4, -0.2) is 18.3 Å². The number of rotatable bonds is 1. The van der Waals surface area contributed by atoms with Crippen molar-refractivity contribution in [1.82, 2.24) is 0 Å². The highest BCUT2D eigenvalue weighted by molar-refractivity contribution is 6.84. The minimum atomic E-state index is -1.63. The van der Waals surface area contributed by atoms with Crippen molar-refractivity contribution in [3.05, 3.63) is 11.6 Å². The molecule has 11 heavy (non-hydrogen) atoms. The predicted octanol–water partition coefficient (Wildman–Crippen LogP) is 2.99. The van der Waals surface area contributed by atoms with Gasteiger partial charge in [-0.1, -0.05) is 33.9 Å². The number of aliphatic hydroxyl groups excluding tert-OH is 1. The summed E-state index contributed by atoms with van der Waals surface area (Å²) >= 11 is 0. The fourth-order valence-electron chi connectivity index (χ4n) is 0.539. The molecule has 0 aliphatic rings. The molecule has 66 valence electrons. The van der Waals surface area contributed by atoms with Crippen LogP contribution < -0.4 is 0 Å². The van der Waals surface area contributed by atoms with Crippen LogP contribution in [0, 0.1) is 0 Å². The fraction of sp³-hybridized carbons (Fsp3) is 0.750. The maximum absolute atomic E-state index is 8.70. The van der Waals surface area contributed by atoms with Crippen LogP contribution in [0.5, 0.6) is 0 Å². The van der Waals surface area contributed by atoms with Crippen LogP contribution in [0.15, 0.2) is 11.6 Å². The molecule has 2 N–H and O–H groups in total. The van der Waals surface area contributed by atoms with Crippen LogP contribution in [0.25, 0.3) is 0 Å². The Morgan fingerprint density at radius 1 is 1.18 bits per heavy atom. The van der Waals surface area contributed by atoms with Crippen molar-refractivity contribution >= 4 is 8.07 Å². The van der Waals surface area contributed by atoms with Gasteiger partial charge in [0.25, 0.3) is 5.95 Å². The second-order valence-corrected chi connectivity index (χ2v) is 9.71. The van der Waals surface area contributed by atoms with Crippen LogP contribution in [0.1, 0.15) is 20.8 Å². The minimum Gasteiger partial charge on any atom is -0.482 e. The topological polar surface area (TPSA) is 40.5 Å². The fourth-order valence-corrected chi connectivity index (χ4v) is 1.62. The lowest BCUT2D eigenvalue weighted by Gasteiger charge is -2.33. The monoisotopic (exact) mass is 174 g/mol. The molecule has 0 aromatic heterocycles. The van der Waals surface area contributed by atoms with Crippen molar-refractivity contribution in [1.29, 1.82) is 0 Å². The molecule has 0 radical (unpaired) electrons. The molecule has 0 fully saturated rings. The summed E-state index contributed by atoms with van der Waals surface area (Å²) in [6.45, 7) is 10.6. The zero-order valence-electron chi connectivity index (χ0n) is 7.97. The highest BCUT2D eigenvalue weighted by Crippen LogP contribution is 2.36. The lowest BCUT2D eigenvalue weighted by Crippen LogP contribution is -2.35. The summed E-state index contributed by atoms with van der Waals surface area (Å²) in [4.78, 5) is 0. The third kappa shape index (κ3) is 2.97. The normalized spacial score (nSPS) is 12.8. The SMILES string of the molecule is CC(C)(C)[Si](C)(C)C=C(O)O. The molecule has 0 atom stereocenters. The van der Waals surface area contributed by atoms with Crippen molar-refractivity contribution in [2.24, 2.45) is 0 Å². The second kappa shape index (κ2) is 2.89. The zero-order chi connectivity index (χ0) is 9.28. The van der Waals surface area contributed by atoms with Crippen molar-refractivity contribution in [2.75, 3.05) is 0 Å². The number of aliphatic hydroxyl groups is 2. The molecule has 0 spiro atoms. The Balaban J connectivity index is 4.61. The largest absolute Gasteiger partial charge is 0.482 e. The average Bonchev–Trinajstić information content (AvgIpc) is 1.56. The first-order chi connectivity index (χ1) is 4.67. The van der Waals surface area contributed by atoms with E-state index in [-0.39, 0.29) is 5.04 Å². The van der Waals surface area contributed by atoms with E-state index in [1.165, 1.54) is 0 Å². The molecule has 0 aliphatic carbocycles. The summed E-state index contributed by atoms with van der Waals surface area (Å²) < 4.78 is 0. The van der Waals surface area contributed by atoms with Gasteiger partial charge < -0.3 is 10.2 Å². The molecule has 0 aromatic rings. The molecule has 3 heteroatoms. The Kier molecular flexibility index (Phi) is 2.77. The maximum Gasteiger partial charge on any atom is 0.265 e. The van der Waals surface area contributed by atoms with Gasteiger partial charge in [-0.2, -0.15) is 0 Å². The van der Waals surface area contributed by atoms with Gasteiger partial charge in [0.2, 0.25) is 0 Å². The lowest BCUT2D eigenvalue weighted by atomic mass is 10.2. The van der Waals surface area contributed by atoms with E-state index in [4.69, 9.17) is 10.2 Å². The minimum absolute atomic E-state index is 0.170. The Morgan fingerprint density at radius 2 is 1.55 bits per heavy atom. The van der Waals surface area contributed by atoms with Gasteiger partial charge >= 0.3 is 0 Å². The van der Waals surface area contributed by atoms with E-state index in [0.29, 0.717) is 0 Å². The summed E-state index contributed by atoms with van der Waals surface area (Å²) in [6, 6.07) is 0. The van der Waals surface area contributed by atoms with Crippen LogP contribution >= 0.6 is 0 Å². The molecule has 0 heterocycles. The molecule has 0 saturated heterocycles. The Morgan fingerprint density at radius 3 is 1.64 bits per heavy atom. The first kappa shape index (κ1) is 10.6. The standard InChI is InChI=1S/C8H18O2Si/c1-8(2,3)11(4,5)6-7(9)10/h6,9-10H,1-5H3. The smallest absolute Gasteiger partial charge is 0.265 e. The number of hydrogen-bond acceptors (Lipinski definition) is 2. The van der Waals surface area contributed by atoms with Gasteiger partial charge in [-0.25, -0.2) is 0 Å². The predicted molar refractivity (Wildman–Crippen MR) is 50.5 cm³/mol. The van der Waals surface area contributed by atoms with Gasteiger partial charge in [0.15, 0.2) is 0 Å². The molecule has 0 unspecified atom stereocenters. The van der Waals surface area contributed by atoms with E-state index in [1.54, 1.807) is 5.70 Å². The van der Waals surface area contributed by atoms with Crippen LogP contribution in [0.4, 0.5) is 0 Å². The van der Waals surface area contributed by atoms with E-state index >= 15 is 0 Å². The third-order valence-electron chi connectivity index (χ3n) is 2.42. The molecular weight excluding hydrogens is 156 g/mol. The molecular formula is C8H18O2Si. The van der Waals surface area contributed by atoms with Gasteiger partial charge in [0.05, 0.1) is 8.07 Å².